The van der Waals surface area contributed by atoms with Crippen LogP contribution >= 0.6 is 0 Å². The predicted octanol–water partition coefficient (Wildman–Crippen LogP) is 3.07. The van der Waals surface area contributed by atoms with Crippen molar-refractivity contribution in [2.45, 2.75) is 45.8 Å². The molecule has 0 saturated carbocycles. The average Bonchev–Trinajstić information content (AvgIpc) is 2.91. The molecule has 0 radical (unpaired) electrons. The van der Waals surface area contributed by atoms with Crippen molar-refractivity contribution < 1.29 is 23.1 Å². The molecule has 0 fully saturated rings. The van der Waals surface area contributed by atoms with Crippen molar-refractivity contribution in [3.63, 3.8) is 0 Å². The number of carboxylic acids is 1. The lowest BCUT2D eigenvalue weighted by molar-refractivity contribution is -0.137. The number of hydrazine groups is 1. The fraction of sp³-hybridized carbons (Fsp3) is 0.444. The van der Waals surface area contributed by atoms with E-state index in [1.165, 1.54) is 10.7 Å². The van der Waals surface area contributed by atoms with Crippen LogP contribution in [0.15, 0.2) is 18.2 Å². The van der Waals surface area contributed by atoms with E-state index in [1.54, 1.807) is 0 Å². The highest BCUT2D eigenvalue weighted by Crippen LogP contribution is 2.38. The van der Waals surface area contributed by atoms with Crippen LogP contribution in [0.25, 0.3) is 5.69 Å². The van der Waals surface area contributed by atoms with Gasteiger partial charge in [-0.05, 0) is 48.4 Å². The number of carbonyl (C=O) groups is 1. The minimum absolute atomic E-state index is 0.0121. The molecule has 0 aliphatic heterocycles. The molecule has 0 saturated heterocycles. The maximum Gasteiger partial charge on any atom is 0.416 e. The van der Waals surface area contributed by atoms with Gasteiger partial charge < -0.3 is 5.11 Å². The largest absolute Gasteiger partial charge is 0.476 e. The zero-order valence-corrected chi connectivity index (χ0v) is 15.0. The molecular weight excluding hydrogens is 361 g/mol. The Morgan fingerprint density at radius 1 is 1.41 bits per heavy atom. The number of halogens is 3. The van der Waals surface area contributed by atoms with Crippen molar-refractivity contribution in [1.82, 2.24) is 15.2 Å². The normalized spacial score (nSPS) is 16.2. The predicted molar refractivity (Wildman–Crippen MR) is 92.4 cm³/mol. The van der Waals surface area contributed by atoms with Gasteiger partial charge in [0.25, 0.3) is 0 Å². The second kappa shape index (κ2) is 6.65. The number of aromatic carboxylic acids is 1. The SMILES string of the molecule is CC1(C)CCc2c(c(C(=O)O)nn2-c2ccc(C(F)(F)F)cc2CNN)C1. The molecule has 146 valence electrons. The molecule has 1 aromatic heterocycles. The number of benzene rings is 1. The number of nitrogens with two attached hydrogens (primary N) is 1. The third kappa shape index (κ3) is 3.70. The van der Waals surface area contributed by atoms with E-state index in [0.717, 1.165) is 24.2 Å². The van der Waals surface area contributed by atoms with Crippen LogP contribution in [-0.2, 0) is 25.6 Å². The molecule has 4 N–H and O–H groups in total. The molecule has 0 amide bonds. The molecule has 1 aromatic carbocycles. The molecule has 1 heterocycles. The van der Waals surface area contributed by atoms with Crippen molar-refractivity contribution in [1.29, 1.82) is 0 Å². The molecule has 3 rings (SSSR count). The minimum Gasteiger partial charge on any atom is -0.476 e. The monoisotopic (exact) mass is 382 g/mol. The summed E-state index contributed by atoms with van der Waals surface area (Å²) >= 11 is 0. The first-order valence-electron chi connectivity index (χ1n) is 8.51. The van der Waals surface area contributed by atoms with Gasteiger partial charge in [-0.1, -0.05) is 13.8 Å². The minimum atomic E-state index is -4.48. The lowest BCUT2D eigenvalue weighted by Gasteiger charge is -2.30. The summed E-state index contributed by atoms with van der Waals surface area (Å²) in [7, 11) is 0. The van der Waals surface area contributed by atoms with Crippen molar-refractivity contribution in [3.8, 4) is 5.69 Å². The molecule has 0 bridgehead atoms. The van der Waals surface area contributed by atoms with Crippen LogP contribution in [0, 0.1) is 5.41 Å². The van der Waals surface area contributed by atoms with Crippen LogP contribution in [0.3, 0.4) is 0 Å². The zero-order chi connectivity index (χ0) is 20.0. The van der Waals surface area contributed by atoms with Crippen LogP contribution in [-0.4, -0.2) is 20.9 Å². The molecule has 1 aliphatic carbocycles. The van der Waals surface area contributed by atoms with Gasteiger partial charge in [-0.15, -0.1) is 0 Å². The molecule has 9 heteroatoms. The van der Waals surface area contributed by atoms with E-state index in [9.17, 15) is 23.1 Å². The topological polar surface area (TPSA) is 93.2 Å². The van der Waals surface area contributed by atoms with Crippen molar-refractivity contribution in [2.75, 3.05) is 0 Å². The molecule has 0 unspecified atom stereocenters. The Kier molecular flexibility index (Phi) is 4.77. The fourth-order valence-corrected chi connectivity index (χ4v) is 3.54. The first kappa shape index (κ1) is 19.4. The van der Waals surface area contributed by atoms with Crippen LogP contribution in [0.4, 0.5) is 13.2 Å². The van der Waals surface area contributed by atoms with E-state index in [0.29, 0.717) is 29.7 Å². The molecule has 0 spiro atoms. The Morgan fingerprint density at radius 3 is 2.70 bits per heavy atom. The van der Waals surface area contributed by atoms with E-state index < -0.39 is 17.7 Å². The van der Waals surface area contributed by atoms with Crippen molar-refractivity contribution >= 4 is 5.97 Å². The number of nitrogens with one attached hydrogen (secondary N) is 1. The second-order valence-electron chi connectivity index (χ2n) is 7.55. The van der Waals surface area contributed by atoms with Gasteiger partial charge in [-0.3, -0.25) is 11.3 Å². The summed E-state index contributed by atoms with van der Waals surface area (Å²) in [5.41, 5.74) is 3.52. The first-order chi connectivity index (χ1) is 12.5. The van der Waals surface area contributed by atoms with Gasteiger partial charge in [0.15, 0.2) is 5.69 Å². The third-order valence-electron chi connectivity index (χ3n) is 4.91. The zero-order valence-electron chi connectivity index (χ0n) is 15.0. The maximum absolute atomic E-state index is 13.1. The van der Waals surface area contributed by atoms with E-state index in [-0.39, 0.29) is 17.7 Å². The third-order valence-corrected chi connectivity index (χ3v) is 4.91. The molecule has 0 atom stereocenters. The Morgan fingerprint density at radius 2 is 2.11 bits per heavy atom. The fourth-order valence-electron chi connectivity index (χ4n) is 3.54. The highest BCUT2D eigenvalue weighted by molar-refractivity contribution is 5.87. The molecule has 1 aliphatic rings. The highest BCUT2D eigenvalue weighted by atomic mass is 19.4. The van der Waals surface area contributed by atoms with Gasteiger partial charge in [-0.25, -0.2) is 9.48 Å². The van der Waals surface area contributed by atoms with Crippen molar-refractivity contribution in [2.24, 2.45) is 11.3 Å². The van der Waals surface area contributed by atoms with Crippen molar-refractivity contribution in [3.05, 3.63) is 46.3 Å². The number of hydrogen-bond donors (Lipinski definition) is 3. The van der Waals surface area contributed by atoms with Gasteiger partial charge >= 0.3 is 12.1 Å². The Hall–Kier alpha value is -2.39. The number of rotatable bonds is 4. The summed E-state index contributed by atoms with van der Waals surface area (Å²) in [6.07, 6.45) is -2.51. The van der Waals surface area contributed by atoms with Crippen LogP contribution < -0.4 is 11.3 Å². The maximum atomic E-state index is 13.1. The summed E-state index contributed by atoms with van der Waals surface area (Å²) in [5.74, 6) is 4.19. The van der Waals surface area contributed by atoms with Crippen LogP contribution in [0.5, 0.6) is 0 Å². The molecule has 27 heavy (non-hydrogen) atoms. The quantitative estimate of drug-likeness (QED) is 0.558. The summed E-state index contributed by atoms with van der Waals surface area (Å²) in [6.45, 7) is 4.10. The van der Waals surface area contributed by atoms with Crippen LogP contribution in [0.2, 0.25) is 0 Å². The smallest absolute Gasteiger partial charge is 0.416 e. The Bertz CT molecular complexity index is 887. The number of hydrogen-bond acceptors (Lipinski definition) is 4. The number of aromatic nitrogens is 2. The number of nitrogens with zero attached hydrogens (tertiary/aromatic N) is 2. The molecule has 2 aromatic rings. The summed E-state index contributed by atoms with van der Waals surface area (Å²) in [5, 5.41) is 13.8. The number of fused-ring (bicyclic) bond motifs is 1. The molecule has 6 nitrogen and oxygen atoms in total. The average molecular weight is 382 g/mol. The van der Waals surface area contributed by atoms with E-state index in [1.807, 2.05) is 0 Å². The number of alkyl halides is 3. The lowest BCUT2D eigenvalue weighted by Crippen LogP contribution is -2.25. The van der Waals surface area contributed by atoms with Gasteiger partial charge in [0.05, 0.1) is 11.3 Å². The highest BCUT2D eigenvalue weighted by Gasteiger charge is 2.35. The van der Waals surface area contributed by atoms with Gasteiger partial charge in [0.1, 0.15) is 0 Å². The van der Waals surface area contributed by atoms with Crippen LogP contribution in [0.1, 0.15) is 53.1 Å². The Labute approximate surface area is 154 Å². The first-order valence-corrected chi connectivity index (χ1v) is 8.51. The van der Waals surface area contributed by atoms with Gasteiger partial charge in [0, 0.05) is 17.8 Å². The van der Waals surface area contributed by atoms with E-state index in [2.05, 4.69) is 24.4 Å². The summed E-state index contributed by atoms with van der Waals surface area (Å²) in [6, 6.07) is 3.29. The van der Waals surface area contributed by atoms with Gasteiger partial charge in [0.2, 0.25) is 0 Å². The van der Waals surface area contributed by atoms with E-state index in [4.69, 9.17) is 5.84 Å². The standard InChI is InChI=1S/C18H21F3N4O2/c1-17(2)6-5-14-12(8-17)15(16(26)27)24-25(14)13-4-3-11(18(19,20)21)7-10(13)9-23-22/h3-4,7,23H,5-6,8-9,22H2,1-2H3,(H,26,27). The number of carboxylic acid groups (broad SMARTS) is 1. The Balaban J connectivity index is 2.18. The molecular formula is C18H21F3N4O2. The lowest BCUT2D eigenvalue weighted by atomic mass is 9.76. The van der Waals surface area contributed by atoms with Gasteiger partial charge in [-0.2, -0.15) is 18.3 Å². The second-order valence-corrected chi connectivity index (χ2v) is 7.55. The summed E-state index contributed by atoms with van der Waals surface area (Å²) < 4.78 is 40.6. The van der Waals surface area contributed by atoms with E-state index >= 15 is 0 Å². The summed E-state index contributed by atoms with van der Waals surface area (Å²) in [4.78, 5) is 11.7.